The highest BCUT2D eigenvalue weighted by atomic mass is 32.2. The van der Waals surface area contributed by atoms with Gasteiger partial charge in [-0.25, -0.2) is 9.89 Å². The molecule has 0 spiro atoms. The van der Waals surface area contributed by atoms with Crippen LogP contribution in [0.3, 0.4) is 0 Å². The Balaban J connectivity index is 2.20. The van der Waals surface area contributed by atoms with Crippen LogP contribution < -0.4 is 11.4 Å². The average Bonchev–Trinajstić information content (AvgIpc) is 2.66. The predicted molar refractivity (Wildman–Crippen MR) is 78.5 cm³/mol. The molecule has 3 N–H and O–H groups in total. The number of aromatic amines is 1. The molecule has 2 atom stereocenters. The summed E-state index contributed by atoms with van der Waals surface area (Å²) in [5, 5.41) is 7.78. The van der Waals surface area contributed by atoms with Gasteiger partial charge in [0.2, 0.25) is 0 Å². The maximum Gasteiger partial charge on any atom is 0.344 e. The number of nitrogens with two attached hydrogens (primary N) is 1. The zero-order chi connectivity index (χ0) is 14.2. The van der Waals surface area contributed by atoms with Crippen LogP contribution in [-0.4, -0.2) is 26.1 Å². The molecule has 2 rings (SSSR count). The van der Waals surface area contributed by atoms with Gasteiger partial charge < -0.3 is 5.73 Å². The summed E-state index contributed by atoms with van der Waals surface area (Å²) in [4.78, 5) is 11.7. The summed E-state index contributed by atoms with van der Waals surface area (Å²) in [7, 11) is 0. The van der Waals surface area contributed by atoms with Crippen molar-refractivity contribution in [3.8, 4) is 0 Å². The molecule has 19 heavy (non-hydrogen) atoms. The quantitative estimate of drug-likeness (QED) is 0.891. The zero-order valence-corrected chi connectivity index (χ0v) is 13.0. The number of hydrogen-bond acceptors (Lipinski definition) is 4. The Morgan fingerprint density at radius 1 is 1.53 bits per heavy atom. The van der Waals surface area contributed by atoms with Crippen LogP contribution in [0.5, 0.6) is 0 Å². The molecule has 1 aliphatic rings. The molecule has 0 saturated heterocycles. The van der Waals surface area contributed by atoms with Crippen molar-refractivity contribution in [1.82, 2.24) is 14.8 Å². The van der Waals surface area contributed by atoms with Crippen LogP contribution in [0.25, 0.3) is 0 Å². The summed E-state index contributed by atoms with van der Waals surface area (Å²) in [6.45, 7) is 8.44. The van der Waals surface area contributed by atoms with Gasteiger partial charge in [-0.3, -0.25) is 4.57 Å². The van der Waals surface area contributed by atoms with Crippen LogP contribution >= 0.6 is 11.8 Å². The Kier molecular flexibility index (Phi) is 4.11. The van der Waals surface area contributed by atoms with Crippen LogP contribution in [-0.2, 0) is 0 Å². The average molecular weight is 284 g/mol. The molecule has 2 unspecified atom stereocenters. The third-order valence-corrected chi connectivity index (χ3v) is 5.39. The topological polar surface area (TPSA) is 76.7 Å². The highest BCUT2D eigenvalue weighted by molar-refractivity contribution is 7.99. The standard InChI is InChI=1S/C13H24N4OS/c1-8(2)17-11(18)15-16-12(17)19-9-6-5-7-13(3,4)10(9)14/h8-10H,5-7,14H2,1-4H3,(H,15,18). The van der Waals surface area contributed by atoms with Gasteiger partial charge in [-0.05, 0) is 32.1 Å². The predicted octanol–water partition coefficient (Wildman–Crippen LogP) is 2.15. The van der Waals surface area contributed by atoms with Gasteiger partial charge in [-0.1, -0.05) is 32.0 Å². The Bertz CT molecular complexity index is 491. The minimum absolute atomic E-state index is 0.113. The number of nitrogens with zero attached hydrogens (tertiary/aromatic N) is 2. The molecular weight excluding hydrogens is 260 g/mol. The van der Waals surface area contributed by atoms with Gasteiger partial charge in [0.15, 0.2) is 5.16 Å². The summed E-state index contributed by atoms with van der Waals surface area (Å²) in [5.74, 6) is 0. The van der Waals surface area contributed by atoms with E-state index < -0.39 is 0 Å². The zero-order valence-electron chi connectivity index (χ0n) is 12.1. The largest absolute Gasteiger partial charge is 0.344 e. The summed E-state index contributed by atoms with van der Waals surface area (Å²) in [6, 6.07) is 0.250. The first-order chi connectivity index (χ1) is 8.83. The minimum atomic E-state index is -0.138. The van der Waals surface area contributed by atoms with E-state index in [0.29, 0.717) is 5.25 Å². The highest BCUT2D eigenvalue weighted by Gasteiger charge is 2.37. The monoisotopic (exact) mass is 284 g/mol. The second kappa shape index (κ2) is 5.32. The van der Waals surface area contributed by atoms with Crippen molar-refractivity contribution in [3.63, 3.8) is 0 Å². The molecule has 1 aliphatic carbocycles. The second-order valence-electron chi connectivity index (χ2n) is 6.34. The molecule has 5 nitrogen and oxygen atoms in total. The van der Waals surface area contributed by atoms with Gasteiger partial charge in [0.05, 0.1) is 0 Å². The third kappa shape index (κ3) is 2.89. The molecule has 0 aliphatic heterocycles. The molecule has 0 aromatic carbocycles. The van der Waals surface area contributed by atoms with Crippen molar-refractivity contribution in [2.75, 3.05) is 0 Å². The van der Waals surface area contributed by atoms with Crippen LogP contribution in [0.4, 0.5) is 0 Å². The molecular formula is C13H24N4OS. The number of aromatic nitrogens is 3. The summed E-state index contributed by atoms with van der Waals surface area (Å²) in [6.07, 6.45) is 3.45. The Morgan fingerprint density at radius 3 is 2.84 bits per heavy atom. The van der Waals surface area contributed by atoms with Crippen LogP contribution in [0.15, 0.2) is 9.95 Å². The van der Waals surface area contributed by atoms with E-state index >= 15 is 0 Å². The Morgan fingerprint density at radius 2 is 2.21 bits per heavy atom. The van der Waals surface area contributed by atoms with Crippen LogP contribution in [0.2, 0.25) is 0 Å². The van der Waals surface area contributed by atoms with Crippen molar-refractivity contribution < 1.29 is 0 Å². The van der Waals surface area contributed by atoms with Crippen molar-refractivity contribution >= 4 is 11.8 Å². The number of H-pyrrole nitrogens is 1. The fourth-order valence-corrected chi connectivity index (χ4v) is 4.28. The summed E-state index contributed by atoms with van der Waals surface area (Å²) in [5.41, 5.74) is 6.42. The molecule has 1 fully saturated rings. The third-order valence-electron chi connectivity index (χ3n) is 4.06. The molecule has 1 aromatic heterocycles. The highest BCUT2D eigenvalue weighted by Crippen LogP contribution is 2.41. The van der Waals surface area contributed by atoms with Crippen LogP contribution in [0.1, 0.15) is 53.0 Å². The Labute approximate surface area is 118 Å². The fraction of sp³-hybridized carbons (Fsp3) is 0.846. The van der Waals surface area contributed by atoms with Crippen molar-refractivity contribution in [2.24, 2.45) is 11.1 Å². The molecule has 0 radical (unpaired) electrons. The molecule has 1 aromatic rings. The van der Waals surface area contributed by atoms with Gasteiger partial charge in [-0.15, -0.1) is 5.10 Å². The number of hydrogen-bond donors (Lipinski definition) is 2. The first-order valence-corrected chi connectivity index (χ1v) is 7.80. The molecule has 108 valence electrons. The van der Waals surface area contributed by atoms with Gasteiger partial charge in [0, 0.05) is 17.3 Å². The number of rotatable bonds is 3. The van der Waals surface area contributed by atoms with E-state index in [4.69, 9.17) is 5.73 Å². The second-order valence-corrected chi connectivity index (χ2v) is 7.54. The maximum absolute atomic E-state index is 11.7. The van der Waals surface area contributed by atoms with Crippen LogP contribution in [0, 0.1) is 5.41 Å². The molecule has 0 bridgehead atoms. The lowest BCUT2D eigenvalue weighted by molar-refractivity contribution is 0.208. The molecule has 1 saturated carbocycles. The lowest BCUT2D eigenvalue weighted by Crippen LogP contribution is -2.48. The summed E-state index contributed by atoms with van der Waals surface area (Å²) < 4.78 is 1.71. The maximum atomic E-state index is 11.7. The molecule has 6 heteroatoms. The van der Waals surface area contributed by atoms with E-state index in [1.807, 2.05) is 13.8 Å². The first kappa shape index (κ1) is 14.7. The van der Waals surface area contributed by atoms with Crippen molar-refractivity contribution in [1.29, 1.82) is 0 Å². The van der Waals surface area contributed by atoms with E-state index in [2.05, 4.69) is 24.0 Å². The minimum Gasteiger partial charge on any atom is -0.326 e. The number of nitrogens with one attached hydrogen (secondary N) is 1. The molecule has 1 heterocycles. The molecule has 0 amide bonds. The summed E-state index contributed by atoms with van der Waals surface area (Å²) >= 11 is 1.65. The lowest BCUT2D eigenvalue weighted by atomic mass is 9.73. The Hall–Kier alpha value is -0.750. The number of thioether (sulfide) groups is 1. The van der Waals surface area contributed by atoms with E-state index in [9.17, 15) is 4.79 Å². The SMILES string of the molecule is CC(C)n1c(SC2CCCC(C)(C)C2N)n[nH]c1=O. The van der Waals surface area contributed by atoms with Gasteiger partial charge in [-0.2, -0.15) is 0 Å². The van der Waals surface area contributed by atoms with Crippen molar-refractivity contribution in [2.45, 2.75) is 69.4 Å². The van der Waals surface area contributed by atoms with E-state index in [1.165, 1.54) is 12.8 Å². The normalized spacial score (nSPS) is 26.8. The first-order valence-electron chi connectivity index (χ1n) is 6.92. The fourth-order valence-electron chi connectivity index (χ4n) is 2.70. The smallest absolute Gasteiger partial charge is 0.326 e. The van der Waals surface area contributed by atoms with Gasteiger partial charge in [0.25, 0.3) is 0 Å². The van der Waals surface area contributed by atoms with E-state index in [-0.39, 0.29) is 23.2 Å². The van der Waals surface area contributed by atoms with Crippen molar-refractivity contribution in [3.05, 3.63) is 10.5 Å². The van der Waals surface area contributed by atoms with Gasteiger partial charge in [0.1, 0.15) is 0 Å². The van der Waals surface area contributed by atoms with E-state index in [1.54, 1.807) is 16.3 Å². The van der Waals surface area contributed by atoms with Gasteiger partial charge >= 0.3 is 5.69 Å². The van der Waals surface area contributed by atoms with E-state index in [0.717, 1.165) is 11.6 Å². The lowest BCUT2D eigenvalue weighted by Gasteiger charge is -2.41.